The monoisotopic (exact) mass is 445 g/mol. The summed E-state index contributed by atoms with van der Waals surface area (Å²) in [5.74, 6) is 0.0687. The van der Waals surface area contributed by atoms with Gasteiger partial charge in [-0.3, -0.25) is 9.59 Å². The lowest BCUT2D eigenvalue weighted by Gasteiger charge is -2.14. The highest BCUT2D eigenvalue weighted by Gasteiger charge is 2.55. The topological polar surface area (TPSA) is 46.2 Å². The predicted octanol–water partition coefficient (Wildman–Crippen LogP) is 6.56. The molecule has 34 heavy (non-hydrogen) atoms. The Labute approximate surface area is 200 Å². The van der Waals surface area contributed by atoms with E-state index < -0.39 is 0 Å². The van der Waals surface area contributed by atoms with Gasteiger partial charge in [0.25, 0.3) is 5.91 Å². The maximum Gasteiger partial charge on any atom is 0.251 e. The molecule has 0 unspecified atom stereocenters. The summed E-state index contributed by atoms with van der Waals surface area (Å²) >= 11 is 0. The Morgan fingerprint density at radius 1 is 0.647 bits per heavy atom. The van der Waals surface area contributed by atoms with Crippen molar-refractivity contribution in [2.75, 3.05) is 0 Å². The lowest BCUT2D eigenvalue weighted by atomic mass is 10.00. The van der Waals surface area contributed by atoms with Crippen LogP contribution in [0.5, 0.6) is 0 Å². The summed E-state index contributed by atoms with van der Waals surface area (Å²) in [5.41, 5.74) is 4.49. The highest BCUT2D eigenvalue weighted by molar-refractivity contribution is 6.04. The second kappa shape index (κ2) is 9.48. The Kier molecular flexibility index (Phi) is 6.09. The molecule has 0 heterocycles. The van der Waals surface area contributed by atoms with E-state index in [-0.39, 0.29) is 35.5 Å². The number of rotatable bonds is 7. The Hall–Kier alpha value is -3.98. The first-order valence-electron chi connectivity index (χ1n) is 11.7. The predicted molar refractivity (Wildman–Crippen MR) is 135 cm³/mol. The molecule has 1 N–H and O–H groups in total. The molecule has 4 aromatic carbocycles. The molecule has 0 aliphatic heterocycles. The molecule has 168 valence electrons. The fourth-order valence-corrected chi connectivity index (χ4v) is 4.93. The van der Waals surface area contributed by atoms with Gasteiger partial charge in [0.1, 0.15) is 0 Å². The van der Waals surface area contributed by atoms with Crippen molar-refractivity contribution in [2.24, 2.45) is 5.92 Å². The Morgan fingerprint density at radius 2 is 1.15 bits per heavy atom. The van der Waals surface area contributed by atoms with Crippen molar-refractivity contribution in [3.63, 3.8) is 0 Å². The first-order valence-corrected chi connectivity index (χ1v) is 11.7. The van der Waals surface area contributed by atoms with Gasteiger partial charge in [0, 0.05) is 28.9 Å². The quantitative estimate of drug-likeness (QED) is 0.328. The summed E-state index contributed by atoms with van der Waals surface area (Å²) in [6.07, 6.45) is 0. The van der Waals surface area contributed by atoms with E-state index in [1.54, 1.807) is 18.2 Å². The van der Waals surface area contributed by atoms with Crippen molar-refractivity contribution in [2.45, 2.75) is 24.8 Å². The first-order chi connectivity index (χ1) is 16.6. The molecule has 1 aliphatic carbocycles. The molecule has 4 aromatic rings. The second-order valence-electron chi connectivity index (χ2n) is 8.95. The van der Waals surface area contributed by atoms with E-state index in [0.717, 1.165) is 5.56 Å². The molecule has 1 saturated carbocycles. The molecule has 1 fully saturated rings. The number of carbonyl (C=O) groups excluding carboxylic acids is 2. The van der Waals surface area contributed by atoms with Gasteiger partial charge in [-0.2, -0.15) is 0 Å². The van der Waals surface area contributed by atoms with Crippen LogP contribution in [0.2, 0.25) is 0 Å². The minimum atomic E-state index is -0.180. The third-order valence-corrected chi connectivity index (χ3v) is 6.75. The highest BCUT2D eigenvalue weighted by atomic mass is 16.1. The van der Waals surface area contributed by atoms with Crippen molar-refractivity contribution in [3.05, 3.63) is 143 Å². The molecule has 0 spiro atoms. The van der Waals surface area contributed by atoms with E-state index in [1.807, 2.05) is 79.7 Å². The van der Waals surface area contributed by atoms with Crippen molar-refractivity contribution in [1.82, 2.24) is 5.32 Å². The molecule has 0 saturated heterocycles. The molecule has 0 radical (unpaired) electrons. The van der Waals surface area contributed by atoms with Gasteiger partial charge in [-0.1, -0.05) is 103 Å². The average molecular weight is 446 g/mol. The van der Waals surface area contributed by atoms with Crippen LogP contribution in [0.15, 0.2) is 115 Å². The summed E-state index contributed by atoms with van der Waals surface area (Å²) in [7, 11) is 0. The van der Waals surface area contributed by atoms with Crippen LogP contribution >= 0.6 is 0 Å². The molecular formula is C31H27NO2. The standard InChI is InChI=1S/C31H27NO2/c1-21(22-12-5-2-6-13-22)32-31(34)26-19-11-18-25(20-26)30(33)29-27(23-14-7-3-8-15-23)28(29)24-16-9-4-10-17-24/h2-21,27-29H,1H3,(H,32,34)/t21-,27+,28+/m0/s1. The lowest BCUT2D eigenvalue weighted by Crippen LogP contribution is -2.26. The molecule has 0 aromatic heterocycles. The lowest BCUT2D eigenvalue weighted by molar-refractivity contribution is 0.0940. The highest BCUT2D eigenvalue weighted by Crippen LogP contribution is 2.61. The summed E-state index contributed by atoms with van der Waals surface area (Å²) < 4.78 is 0. The van der Waals surface area contributed by atoms with Crippen LogP contribution < -0.4 is 5.32 Å². The first kappa shape index (κ1) is 21.8. The summed E-state index contributed by atoms with van der Waals surface area (Å²) in [6.45, 7) is 1.96. The van der Waals surface area contributed by atoms with Crippen LogP contribution in [0.3, 0.4) is 0 Å². The van der Waals surface area contributed by atoms with Crippen molar-refractivity contribution >= 4 is 11.7 Å². The van der Waals surface area contributed by atoms with Gasteiger partial charge in [-0.05, 0) is 35.7 Å². The number of Topliss-reactive ketones (excluding diaryl/α,β-unsaturated/α-hetero) is 1. The molecule has 0 bridgehead atoms. The number of hydrogen-bond donors (Lipinski definition) is 1. The number of hydrogen-bond acceptors (Lipinski definition) is 2. The fraction of sp³-hybridized carbons (Fsp3) is 0.161. The fourth-order valence-electron chi connectivity index (χ4n) is 4.93. The number of carbonyl (C=O) groups is 2. The van der Waals surface area contributed by atoms with Crippen LogP contribution in [0, 0.1) is 5.92 Å². The van der Waals surface area contributed by atoms with Crippen LogP contribution in [0.25, 0.3) is 0 Å². The van der Waals surface area contributed by atoms with Crippen molar-refractivity contribution < 1.29 is 9.59 Å². The number of ketones is 1. The molecule has 1 aliphatic rings. The van der Waals surface area contributed by atoms with E-state index in [0.29, 0.717) is 11.1 Å². The normalized spacial score (nSPS) is 19.7. The van der Waals surface area contributed by atoms with Gasteiger partial charge in [-0.25, -0.2) is 0 Å². The zero-order valence-corrected chi connectivity index (χ0v) is 19.1. The van der Waals surface area contributed by atoms with Gasteiger partial charge >= 0.3 is 0 Å². The molecule has 3 nitrogen and oxygen atoms in total. The number of nitrogens with one attached hydrogen (secondary N) is 1. The molecule has 1 amide bonds. The third kappa shape index (κ3) is 4.42. The van der Waals surface area contributed by atoms with E-state index in [1.165, 1.54) is 11.1 Å². The maximum atomic E-state index is 13.7. The Morgan fingerprint density at radius 3 is 1.71 bits per heavy atom. The molecule has 5 rings (SSSR count). The zero-order chi connectivity index (χ0) is 23.5. The zero-order valence-electron chi connectivity index (χ0n) is 19.1. The van der Waals surface area contributed by atoms with Gasteiger partial charge in [-0.15, -0.1) is 0 Å². The summed E-state index contributed by atoms with van der Waals surface area (Å²) in [6, 6.07) is 37.3. The third-order valence-electron chi connectivity index (χ3n) is 6.75. The molecule has 3 atom stereocenters. The average Bonchev–Trinajstić information content (AvgIpc) is 3.65. The number of amides is 1. The van der Waals surface area contributed by atoms with Gasteiger partial charge in [0.05, 0.1) is 6.04 Å². The smallest absolute Gasteiger partial charge is 0.251 e. The van der Waals surface area contributed by atoms with Crippen LogP contribution in [-0.4, -0.2) is 11.7 Å². The largest absolute Gasteiger partial charge is 0.346 e. The Balaban J connectivity index is 1.38. The summed E-state index contributed by atoms with van der Waals surface area (Å²) in [4.78, 5) is 26.6. The minimum absolute atomic E-state index is 0.0912. The Bertz CT molecular complexity index is 1240. The second-order valence-corrected chi connectivity index (χ2v) is 8.95. The van der Waals surface area contributed by atoms with E-state index in [2.05, 4.69) is 29.6 Å². The van der Waals surface area contributed by atoms with Crippen molar-refractivity contribution in [1.29, 1.82) is 0 Å². The molecular weight excluding hydrogens is 418 g/mol. The van der Waals surface area contributed by atoms with Crippen LogP contribution in [0.1, 0.15) is 62.2 Å². The van der Waals surface area contributed by atoms with Crippen LogP contribution in [-0.2, 0) is 0 Å². The van der Waals surface area contributed by atoms with Crippen LogP contribution in [0.4, 0.5) is 0 Å². The van der Waals surface area contributed by atoms with Gasteiger partial charge < -0.3 is 5.32 Å². The van der Waals surface area contributed by atoms with E-state index >= 15 is 0 Å². The SMILES string of the molecule is C[C@H](NC(=O)c1cccc(C(=O)C2[C@H](c3ccccc3)[C@H]2c2ccccc2)c1)c1ccccc1. The maximum absolute atomic E-state index is 13.7. The van der Waals surface area contributed by atoms with Gasteiger partial charge in [0.2, 0.25) is 0 Å². The number of benzene rings is 4. The van der Waals surface area contributed by atoms with Gasteiger partial charge in [0.15, 0.2) is 5.78 Å². The van der Waals surface area contributed by atoms with E-state index in [4.69, 9.17) is 0 Å². The molecule has 3 heteroatoms. The summed E-state index contributed by atoms with van der Waals surface area (Å²) in [5, 5.41) is 3.04. The van der Waals surface area contributed by atoms with E-state index in [9.17, 15) is 9.59 Å². The van der Waals surface area contributed by atoms with Crippen molar-refractivity contribution in [3.8, 4) is 0 Å². The minimum Gasteiger partial charge on any atom is -0.346 e.